The van der Waals surface area contributed by atoms with E-state index in [1.54, 1.807) is 0 Å². The highest BCUT2D eigenvalue weighted by atomic mass is 16.4. The van der Waals surface area contributed by atoms with Gasteiger partial charge < -0.3 is 58.9 Å². The number of carbonyl (C=O) groups is 6. The summed E-state index contributed by atoms with van der Waals surface area (Å²) in [6, 6.07) is -0.144. The number of aliphatic hydroxyl groups is 1. The fourth-order valence-corrected chi connectivity index (χ4v) is 3.57. The number of carboxylic acid groups (broad SMARTS) is 2. The maximum Gasteiger partial charge on any atom is 0.328 e. The molecule has 0 aromatic heterocycles. The van der Waals surface area contributed by atoms with Gasteiger partial charge in [0.05, 0.1) is 25.1 Å². The predicted molar refractivity (Wildman–Crippen MR) is 150 cm³/mol. The second-order valence-corrected chi connectivity index (χ2v) is 9.49. The lowest BCUT2D eigenvalue weighted by atomic mass is 10.0. The molecule has 18 nitrogen and oxygen atoms in total. The van der Waals surface area contributed by atoms with Crippen LogP contribution in [0.15, 0.2) is 29.3 Å². The Morgan fingerprint density at radius 3 is 2.05 bits per heavy atom. The van der Waals surface area contributed by atoms with Crippen molar-refractivity contribution in [1.29, 1.82) is 0 Å². The van der Waals surface area contributed by atoms with Crippen molar-refractivity contribution >= 4 is 41.5 Å². The van der Waals surface area contributed by atoms with Crippen molar-refractivity contribution in [1.82, 2.24) is 21.3 Å². The van der Waals surface area contributed by atoms with Crippen LogP contribution in [0.3, 0.4) is 0 Å². The Morgan fingerprint density at radius 2 is 1.51 bits per heavy atom. The monoisotopic (exact) mass is 610 g/mol. The van der Waals surface area contributed by atoms with Gasteiger partial charge in [-0.05, 0) is 37.5 Å². The Labute approximate surface area is 246 Å². The fourth-order valence-electron chi connectivity index (χ4n) is 3.57. The van der Waals surface area contributed by atoms with Gasteiger partial charge in [-0.3, -0.25) is 29.0 Å². The molecule has 18 heteroatoms. The quantitative estimate of drug-likeness (QED) is 0.0427. The molecule has 0 heterocycles. The molecule has 0 aliphatic rings. The summed E-state index contributed by atoms with van der Waals surface area (Å²) in [5.41, 5.74) is 16.9. The zero-order chi connectivity index (χ0) is 32.7. The van der Waals surface area contributed by atoms with E-state index in [9.17, 15) is 44.1 Å². The number of aliphatic carboxylic acids is 2. The number of nitrogens with zero attached hydrogens (tertiary/aromatic N) is 1. The molecule has 0 saturated carbocycles. The molecule has 5 atom stereocenters. The van der Waals surface area contributed by atoms with Gasteiger partial charge in [-0.25, -0.2) is 4.79 Å². The number of nitrogens with one attached hydrogen (secondary N) is 4. The number of nitrogens with two attached hydrogens (primary N) is 3. The Hall–Kier alpha value is -4.97. The van der Waals surface area contributed by atoms with E-state index in [4.69, 9.17) is 22.3 Å². The van der Waals surface area contributed by atoms with Gasteiger partial charge in [0.25, 0.3) is 0 Å². The van der Waals surface area contributed by atoms with Crippen LogP contribution >= 0.6 is 0 Å². The highest BCUT2D eigenvalue weighted by Crippen LogP contribution is 2.12. The van der Waals surface area contributed by atoms with E-state index >= 15 is 0 Å². The van der Waals surface area contributed by atoms with E-state index in [0.717, 1.165) is 6.92 Å². The molecule has 0 saturated heterocycles. The van der Waals surface area contributed by atoms with Crippen molar-refractivity contribution in [3.05, 3.63) is 29.8 Å². The first kappa shape index (κ1) is 36.1. The van der Waals surface area contributed by atoms with Crippen LogP contribution in [0, 0.1) is 0 Å². The maximum absolute atomic E-state index is 13.2. The third-order valence-electron chi connectivity index (χ3n) is 5.81. The number of hydrogen-bond acceptors (Lipinski definition) is 10. The molecular weight excluding hydrogens is 572 g/mol. The molecule has 4 amide bonds. The van der Waals surface area contributed by atoms with Crippen molar-refractivity contribution < 1.29 is 49.2 Å². The minimum atomic E-state index is -1.71. The first-order valence-electron chi connectivity index (χ1n) is 13.0. The van der Waals surface area contributed by atoms with Crippen molar-refractivity contribution in [3.63, 3.8) is 0 Å². The summed E-state index contributed by atoms with van der Waals surface area (Å²) in [6.07, 6.45) is -2.00. The molecule has 0 aliphatic heterocycles. The van der Waals surface area contributed by atoms with Crippen molar-refractivity contribution in [2.45, 2.75) is 62.9 Å². The predicted octanol–water partition coefficient (Wildman–Crippen LogP) is -4.17. The molecule has 238 valence electrons. The molecule has 0 unspecified atom stereocenters. The summed E-state index contributed by atoms with van der Waals surface area (Å²) >= 11 is 0. The van der Waals surface area contributed by atoms with Gasteiger partial charge in [-0.15, -0.1) is 0 Å². The molecule has 0 fully saturated rings. The zero-order valence-electron chi connectivity index (χ0n) is 23.4. The SMILES string of the molecule is C[C@@H](O)[C@H](NC(=O)CNC(=O)[C@H](CC(=O)O)NC(=O)[C@H](Cc1ccc(O)cc1)NC(=O)[C@@H](N)CCCN=C(N)N)C(=O)O. The molecule has 0 spiro atoms. The van der Waals surface area contributed by atoms with E-state index in [1.807, 2.05) is 5.32 Å². The van der Waals surface area contributed by atoms with Gasteiger partial charge in [0.2, 0.25) is 23.6 Å². The van der Waals surface area contributed by atoms with Crippen LogP contribution in [0.5, 0.6) is 5.75 Å². The summed E-state index contributed by atoms with van der Waals surface area (Å²) in [6.45, 7) is 0.535. The number of guanidine groups is 1. The van der Waals surface area contributed by atoms with Gasteiger partial charge in [0.1, 0.15) is 17.8 Å². The Balaban J connectivity index is 3.02. The number of phenols is 1. The average molecular weight is 611 g/mol. The topological polar surface area (TPSA) is 322 Å². The number of rotatable bonds is 18. The number of carboxylic acids is 2. The first-order valence-corrected chi connectivity index (χ1v) is 13.0. The average Bonchev–Trinajstić information content (AvgIpc) is 2.92. The van der Waals surface area contributed by atoms with Gasteiger partial charge >= 0.3 is 11.9 Å². The summed E-state index contributed by atoms with van der Waals surface area (Å²) in [5.74, 6) is -6.98. The normalized spacial score (nSPS) is 14.1. The van der Waals surface area contributed by atoms with Crippen LogP contribution in [-0.4, -0.2) is 105 Å². The molecular formula is C25H38N8O10. The lowest BCUT2D eigenvalue weighted by Gasteiger charge is -2.24. The largest absolute Gasteiger partial charge is 0.508 e. The number of amides is 4. The number of aliphatic imine (C=N–C) groups is 1. The molecule has 43 heavy (non-hydrogen) atoms. The summed E-state index contributed by atoms with van der Waals surface area (Å²) < 4.78 is 0. The lowest BCUT2D eigenvalue weighted by Crippen LogP contribution is -2.57. The van der Waals surface area contributed by atoms with E-state index in [-0.39, 0.29) is 31.1 Å². The molecule has 14 N–H and O–H groups in total. The Kier molecular flexibility index (Phi) is 14.9. The first-order chi connectivity index (χ1) is 20.1. The molecule has 1 aromatic carbocycles. The molecule has 0 bridgehead atoms. The maximum atomic E-state index is 13.2. The van der Waals surface area contributed by atoms with Gasteiger partial charge in [-0.2, -0.15) is 0 Å². The minimum Gasteiger partial charge on any atom is -0.508 e. The summed E-state index contributed by atoms with van der Waals surface area (Å²) in [5, 5.41) is 46.2. The smallest absolute Gasteiger partial charge is 0.328 e. The Bertz CT molecular complexity index is 1170. The second-order valence-electron chi connectivity index (χ2n) is 9.49. The van der Waals surface area contributed by atoms with E-state index in [0.29, 0.717) is 12.0 Å². The molecule has 0 radical (unpaired) electrons. The van der Waals surface area contributed by atoms with E-state index < -0.39 is 78.8 Å². The number of aliphatic hydroxyl groups excluding tert-OH is 1. The number of phenolic OH excluding ortho intramolecular Hbond substituents is 1. The molecule has 1 aromatic rings. The minimum absolute atomic E-state index is 0.0538. The van der Waals surface area contributed by atoms with Crippen LogP contribution in [0.25, 0.3) is 0 Å². The van der Waals surface area contributed by atoms with Crippen LogP contribution < -0.4 is 38.5 Å². The van der Waals surface area contributed by atoms with Gasteiger partial charge in [0, 0.05) is 13.0 Å². The zero-order valence-corrected chi connectivity index (χ0v) is 23.4. The van der Waals surface area contributed by atoms with Crippen LogP contribution in [-0.2, 0) is 35.2 Å². The number of hydrogen-bond donors (Lipinski definition) is 11. The summed E-state index contributed by atoms with van der Waals surface area (Å²) in [7, 11) is 0. The van der Waals surface area contributed by atoms with Crippen LogP contribution in [0.2, 0.25) is 0 Å². The van der Waals surface area contributed by atoms with Gasteiger partial charge in [0.15, 0.2) is 12.0 Å². The highest BCUT2D eigenvalue weighted by molar-refractivity contribution is 5.96. The fraction of sp³-hybridized carbons (Fsp3) is 0.480. The van der Waals surface area contributed by atoms with E-state index in [1.165, 1.54) is 24.3 Å². The Morgan fingerprint density at radius 1 is 0.907 bits per heavy atom. The van der Waals surface area contributed by atoms with Crippen molar-refractivity contribution in [3.8, 4) is 5.75 Å². The second kappa shape index (κ2) is 17.8. The lowest BCUT2D eigenvalue weighted by molar-refractivity contribution is -0.145. The number of carbonyl (C=O) groups excluding carboxylic acids is 4. The number of benzene rings is 1. The standard InChI is InChI=1S/C25H38N8O10/c1-12(34)20(24(42)43)33-18(36)11-30-22(40)17(10-19(37)38)32-23(41)16(9-13-4-6-14(35)7-5-13)31-21(39)15(26)3-2-8-29-25(27)28/h4-7,12,15-17,20,34-35H,2-3,8-11,26H2,1H3,(H,30,40)(H,31,39)(H,32,41)(H,33,36)(H,37,38)(H,42,43)(H4,27,28,29)/t12-,15+,16+,17+,20+/m1/s1. The van der Waals surface area contributed by atoms with E-state index in [2.05, 4.69) is 20.9 Å². The number of aromatic hydroxyl groups is 1. The van der Waals surface area contributed by atoms with Crippen LogP contribution in [0.1, 0.15) is 31.7 Å². The third kappa shape index (κ3) is 14.0. The van der Waals surface area contributed by atoms with Crippen LogP contribution in [0.4, 0.5) is 0 Å². The molecule has 0 aliphatic carbocycles. The van der Waals surface area contributed by atoms with Crippen molar-refractivity contribution in [2.75, 3.05) is 13.1 Å². The highest BCUT2D eigenvalue weighted by Gasteiger charge is 2.30. The molecule has 1 rings (SSSR count). The third-order valence-corrected chi connectivity index (χ3v) is 5.81. The van der Waals surface area contributed by atoms with Gasteiger partial charge in [-0.1, -0.05) is 12.1 Å². The van der Waals surface area contributed by atoms with Crippen molar-refractivity contribution in [2.24, 2.45) is 22.2 Å². The summed E-state index contributed by atoms with van der Waals surface area (Å²) in [4.78, 5) is 77.2.